The van der Waals surface area contributed by atoms with Gasteiger partial charge in [-0.2, -0.15) is 0 Å². The van der Waals surface area contributed by atoms with Gasteiger partial charge in [0.15, 0.2) is 0 Å². The molecule has 7 atom stereocenters. The van der Waals surface area contributed by atoms with Crippen LogP contribution in [-0.4, -0.2) is 87.5 Å². The summed E-state index contributed by atoms with van der Waals surface area (Å²) in [7, 11) is 0. The van der Waals surface area contributed by atoms with Gasteiger partial charge in [-0.15, -0.1) is 18.3 Å². The van der Waals surface area contributed by atoms with E-state index in [0.717, 1.165) is 24.3 Å². The Bertz CT molecular complexity index is 1400. The SMILES string of the molecule is C=CCOC(=O)[C@H]1[C@@H]2SC3(CC2Br)C(C(=O)N(CC=C)c2ccc(N(CC)CC)cc2)N([C@@H](CO)Cc2ccccc2)C(=O)[C@H]13. The van der Waals surface area contributed by atoms with Crippen LogP contribution in [-0.2, 0) is 25.5 Å². The fourth-order valence-corrected chi connectivity index (χ4v) is 11.0. The van der Waals surface area contributed by atoms with Crippen molar-refractivity contribution >= 4 is 56.9 Å². The van der Waals surface area contributed by atoms with Gasteiger partial charge < -0.3 is 24.5 Å². The monoisotopic (exact) mass is 695 g/mol. The van der Waals surface area contributed by atoms with Crippen LogP contribution < -0.4 is 9.80 Å². The van der Waals surface area contributed by atoms with E-state index < -0.39 is 34.6 Å². The number of anilines is 2. The summed E-state index contributed by atoms with van der Waals surface area (Å²) < 4.78 is 4.64. The zero-order valence-corrected chi connectivity index (χ0v) is 28.3. The predicted octanol–water partition coefficient (Wildman–Crippen LogP) is 4.85. The number of nitrogens with zero attached hydrogens (tertiary/aromatic N) is 3. The molecule has 240 valence electrons. The van der Waals surface area contributed by atoms with E-state index in [9.17, 15) is 14.7 Å². The van der Waals surface area contributed by atoms with E-state index in [4.69, 9.17) is 4.74 Å². The largest absolute Gasteiger partial charge is 0.461 e. The lowest BCUT2D eigenvalue weighted by atomic mass is 9.71. The molecule has 2 aromatic rings. The highest BCUT2D eigenvalue weighted by Crippen LogP contribution is 2.68. The predicted molar refractivity (Wildman–Crippen MR) is 184 cm³/mol. The van der Waals surface area contributed by atoms with Crippen LogP contribution in [0.4, 0.5) is 11.4 Å². The van der Waals surface area contributed by atoms with E-state index in [2.05, 4.69) is 47.8 Å². The number of thioether (sulfide) groups is 1. The zero-order valence-electron chi connectivity index (χ0n) is 25.9. The number of esters is 1. The number of ether oxygens (including phenoxy) is 1. The molecule has 3 aliphatic rings. The second kappa shape index (κ2) is 14.1. The summed E-state index contributed by atoms with van der Waals surface area (Å²) in [5, 5.41) is 10.5. The van der Waals surface area contributed by atoms with Crippen LogP contribution in [0.25, 0.3) is 0 Å². The Balaban J connectivity index is 1.59. The van der Waals surface area contributed by atoms with Crippen molar-refractivity contribution in [2.75, 3.05) is 42.6 Å². The molecule has 3 fully saturated rings. The Morgan fingerprint density at radius 3 is 2.38 bits per heavy atom. The Morgan fingerprint density at radius 1 is 1.11 bits per heavy atom. The van der Waals surface area contributed by atoms with Gasteiger partial charge in [0.25, 0.3) is 5.91 Å². The second-order valence-electron chi connectivity index (χ2n) is 11.8. The van der Waals surface area contributed by atoms with E-state index in [1.807, 2.05) is 54.6 Å². The van der Waals surface area contributed by atoms with Crippen molar-refractivity contribution in [3.8, 4) is 0 Å². The van der Waals surface area contributed by atoms with Crippen molar-refractivity contribution in [1.29, 1.82) is 0 Å². The van der Waals surface area contributed by atoms with Gasteiger partial charge in [-0.25, -0.2) is 0 Å². The van der Waals surface area contributed by atoms with Crippen LogP contribution in [0.3, 0.4) is 0 Å². The first kappa shape index (κ1) is 33.3. The van der Waals surface area contributed by atoms with E-state index in [-0.39, 0.29) is 41.6 Å². The minimum absolute atomic E-state index is 0.0452. The summed E-state index contributed by atoms with van der Waals surface area (Å²) in [4.78, 5) is 48.6. The van der Waals surface area contributed by atoms with E-state index in [0.29, 0.717) is 18.5 Å². The molecule has 2 bridgehead atoms. The maximum absolute atomic E-state index is 15.0. The third-order valence-electron chi connectivity index (χ3n) is 9.36. The number of aliphatic hydroxyl groups is 1. The third kappa shape index (κ3) is 5.97. The number of aliphatic hydroxyl groups excluding tert-OH is 1. The number of amides is 2. The van der Waals surface area contributed by atoms with Crippen LogP contribution in [0.15, 0.2) is 79.9 Å². The quantitative estimate of drug-likeness (QED) is 0.172. The molecular weight excluding hydrogens is 654 g/mol. The van der Waals surface area contributed by atoms with Crippen molar-refractivity contribution < 1.29 is 24.2 Å². The van der Waals surface area contributed by atoms with Crippen molar-refractivity contribution in [2.24, 2.45) is 11.8 Å². The number of alkyl halides is 1. The van der Waals surface area contributed by atoms with Crippen molar-refractivity contribution in [2.45, 2.75) is 53.6 Å². The molecule has 45 heavy (non-hydrogen) atoms. The Labute approximate surface area is 278 Å². The Hall–Kier alpha value is -3.08. The molecule has 5 rings (SSSR count). The van der Waals surface area contributed by atoms with Crippen LogP contribution in [0.1, 0.15) is 25.8 Å². The van der Waals surface area contributed by atoms with Crippen molar-refractivity contribution in [3.63, 3.8) is 0 Å². The molecule has 1 N–H and O–H groups in total. The molecule has 2 amide bonds. The van der Waals surface area contributed by atoms with Gasteiger partial charge in [-0.3, -0.25) is 14.4 Å². The zero-order chi connectivity index (χ0) is 32.3. The normalized spacial score (nSPS) is 27.2. The summed E-state index contributed by atoms with van der Waals surface area (Å²) >= 11 is 5.35. The fraction of sp³-hybridized carbons (Fsp3) is 0.457. The minimum atomic E-state index is -0.912. The molecular formula is C35H42BrN3O5S. The molecule has 0 radical (unpaired) electrons. The molecule has 8 nitrogen and oxygen atoms in total. The number of benzene rings is 2. The highest BCUT2D eigenvalue weighted by atomic mass is 79.9. The number of likely N-dealkylation sites (tertiary alicyclic amines) is 1. The van der Waals surface area contributed by atoms with Crippen molar-refractivity contribution in [3.05, 3.63) is 85.5 Å². The Kier molecular flexibility index (Phi) is 10.5. The Morgan fingerprint density at radius 2 is 1.78 bits per heavy atom. The number of carbonyl (C=O) groups excluding carboxylic acids is 3. The number of carbonyl (C=O) groups is 3. The summed E-state index contributed by atoms with van der Waals surface area (Å²) in [6.45, 7) is 13.5. The molecule has 3 aliphatic heterocycles. The molecule has 0 aromatic heterocycles. The highest BCUT2D eigenvalue weighted by molar-refractivity contribution is 9.09. The number of rotatable bonds is 14. The molecule has 0 saturated carbocycles. The van der Waals surface area contributed by atoms with Gasteiger partial charge in [0.2, 0.25) is 5.91 Å². The second-order valence-corrected chi connectivity index (χ2v) is 14.5. The smallest absolute Gasteiger partial charge is 0.311 e. The van der Waals surface area contributed by atoms with Crippen LogP contribution >= 0.6 is 27.7 Å². The van der Waals surface area contributed by atoms with E-state index in [1.54, 1.807) is 27.6 Å². The first-order valence-corrected chi connectivity index (χ1v) is 17.4. The summed E-state index contributed by atoms with van der Waals surface area (Å²) in [6, 6.07) is 15.9. The van der Waals surface area contributed by atoms with Gasteiger partial charge in [0.05, 0.1) is 29.2 Å². The minimum Gasteiger partial charge on any atom is -0.461 e. The van der Waals surface area contributed by atoms with Gasteiger partial charge in [-0.1, -0.05) is 65.0 Å². The van der Waals surface area contributed by atoms with Gasteiger partial charge in [0.1, 0.15) is 12.6 Å². The number of halogens is 1. The molecule has 3 saturated heterocycles. The number of hydrogen-bond donors (Lipinski definition) is 1. The molecule has 2 aromatic carbocycles. The van der Waals surface area contributed by atoms with E-state index in [1.165, 1.54) is 6.08 Å². The maximum atomic E-state index is 15.0. The average molecular weight is 697 g/mol. The van der Waals surface area contributed by atoms with Gasteiger partial charge in [-0.05, 0) is 56.5 Å². The van der Waals surface area contributed by atoms with Crippen molar-refractivity contribution in [1.82, 2.24) is 4.90 Å². The first-order chi connectivity index (χ1) is 21.8. The molecule has 1 spiro atoms. The maximum Gasteiger partial charge on any atom is 0.311 e. The van der Waals surface area contributed by atoms with Gasteiger partial charge in [0, 0.05) is 41.1 Å². The van der Waals surface area contributed by atoms with E-state index >= 15 is 4.79 Å². The van der Waals surface area contributed by atoms with Crippen LogP contribution in [0, 0.1) is 11.8 Å². The summed E-state index contributed by atoms with van der Waals surface area (Å²) in [5.74, 6) is -2.47. The fourth-order valence-electron chi connectivity index (χ4n) is 7.42. The topological polar surface area (TPSA) is 90.4 Å². The lowest BCUT2D eigenvalue weighted by molar-refractivity contribution is -0.153. The number of fused-ring (bicyclic) bond motifs is 1. The number of hydrogen-bond acceptors (Lipinski definition) is 7. The van der Waals surface area contributed by atoms with Crippen LogP contribution in [0.5, 0.6) is 0 Å². The van der Waals surface area contributed by atoms with Crippen LogP contribution in [0.2, 0.25) is 0 Å². The van der Waals surface area contributed by atoms with Gasteiger partial charge >= 0.3 is 5.97 Å². The third-order valence-corrected chi connectivity index (χ3v) is 12.6. The first-order valence-electron chi connectivity index (χ1n) is 15.6. The molecule has 3 unspecified atom stereocenters. The highest BCUT2D eigenvalue weighted by Gasteiger charge is 2.76. The summed E-state index contributed by atoms with van der Waals surface area (Å²) in [5.41, 5.74) is 2.70. The molecule has 3 heterocycles. The standard InChI is InChI=1S/C35H42BrN3O5S/c1-5-18-38(25-16-14-24(15-17-25)37(7-3)8-4)33(42)31-35-21-27(36)30(45-35)28(34(43)44-19-6-2)29(35)32(41)39(31)26(22-40)20-23-12-10-9-11-13-23/h5-6,9-17,26-31,40H,1-2,7-8,18-22H2,3-4H3/t26-,27?,28-,29+,30-,31?,35?/m1/s1. The lowest BCUT2D eigenvalue weighted by Crippen LogP contribution is -2.58. The lowest BCUT2D eigenvalue weighted by Gasteiger charge is -2.40. The molecule has 10 heteroatoms. The average Bonchev–Trinajstić information content (AvgIpc) is 3.65. The molecule has 0 aliphatic carbocycles. The summed E-state index contributed by atoms with van der Waals surface area (Å²) in [6.07, 6.45) is 4.09.